The van der Waals surface area contributed by atoms with Crippen LogP contribution in [0.2, 0.25) is 0 Å². The number of alkyl halides is 7. The van der Waals surface area contributed by atoms with Gasteiger partial charge in [0.2, 0.25) is 0 Å². The number of nitrogens with one attached hydrogen (secondary N) is 1. The Labute approximate surface area is 187 Å². The van der Waals surface area contributed by atoms with Crippen LogP contribution in [-0.2, 0) is 6.61 Å². The highest BCUT2D eigenvalue weighted by Crippen LogP contribution is 2.45. The van der Waals surface area contributed by atoms with Crippen LogP contribution in [0, 0.1) is 11.3 Å². The van der Waals surface area contributed by atoms with Gasteiger partial charge in [0, 0.05) is 15.6 Å². The van der Waals surface area contributed by atoms with Gasteiger partial charge in [-0.2, -0.15) is 41.1 Å². The number of hydrogen-bond donors (Lipinski definition) is 1. The average molecular weight is 577 g/mol. The van der Waals surface area contributed by atoms with Crippen LogP contribution >= 0.6 is 31.9 Å². The van der Waals surface area contributed by atoms with Gasteiger partial charge in [-0.15, -0.1) is 0 Å². The molecule has 2 rings (SSSR count). The standard InChI is InChI=1S/C18H10Br2F7N3O/c19-13-5-12(8-29-30-18(26,27)16(21,22)17(23,24)25)15(14(20)6-13)31-9-11-4-2-1-3-10(11)7-28/h1-6,8,30H,9H2/b29-8-. The van der Waals surface area contributed by atoms with E-state index in [2.05, 4.69) is 37.0 Å². The van der Waals surface area contributed by atoms with E-state index in [-0.39, 0.29) is 17.9 Å². The van der Waals surface area contributed by atoms with E-state index in [9.17, 15) is 30.7 Å². The second-order valence-electron chi connectivity index (χ2n) is 5.88. The van der Waals surface area contributed by atoms with Crippen molar-refractivity contribution in [1.82, 2.24) is 5.43 Å². The third-order valence-corrected chi connectivity index (χ3v) is 4.75. The molecular weight excluding hydrogens is 567 g/mol. The van der Waals surface area contributed by atoms with Crippen molar-refractivity contribution in [1.29, 1.82) is 5.26 Å². The molecular formula is C18H10Br2F7N3O. The summed E-state index contributed by atoms with van der Waals surface area (Å²) in [5.74, 6) is -6.33. The molecule has 0 aliphatic heterocycles. The smallest absolute Gasteiger partial charge is 0.462 e. The summed E-state index contributed by atoms with van der Waals surface area (Å²) in [7, 11) is 0. The summed E-state index contributed by atoms with van der Waals surface area (Å²) >= 11 is 6.31. The van der Waals surface area contributed by atoms with E-state index >= 15 is 0 Å². The van der Waals surface area contributed by atoms with Crippen LogP contribution < -0.4 is 10.2 Å². The Morgan fingerprint density at radius 1 is 1.06 bits per heavy atom. The Kier molecular flexibility index (Phi) is 7.59. The van der Waals surface area contributed by atoms with Crippen LogP contribution in [0.15, 0.2) is 50.4 Å². The molecule has 0 aliphatic rings. The molecule has 166 valence electrons. The second kappa shape index (κ2) is 9.44. The number of rotatable bonds is 7. The van der Waals surface area contributed by atoms with Crippen LogP contribution in [0.4, 0.5) is 30.7 Å². The minimum Gasteiger partial charge on any atom is -0.487 e. The normalized spacial score (nSPS) is 12.6. The van der Waals surface area contributed by atoms with E-state index in [1.54, 1.807) is 24.3 Å². The fourth-order valence-electron chi connectivity index (χ4n) is 2.16. The molecule has 0 saturated heterocycles. The zero-order valence-electron chi connectivity index (χ0n) is 15.0. The van der Waals surface area contributed by atoms with Gasteiger partial charge in [-0.25, -0.2) is 5.43 Å². The van der Waals surface area contributed by atoms with E-state index < -0.39 is 18.1 Å². The lowest BCUT2D eigenvalue weighted by atomic mass is 10.1. The van der Waals surface area contributed by atoms with Crippen LogP contribution in [-0.4, -0.2) is 24.4 Å². The van der Waals surface area contributed by atoms with E-state index in [1.165, 1.54) is 12.1 Å². The number of halogens is 9. The van der Waals surface area contributed by atoms with Crippen LogP contribution in [0.25, 0.3) is 0 Å². The van der Waals surface area contributed by atoms with Crippen LogP contribution in [0.3, 0.4) is 0 Å². The highest BCUT2D eigenvalue weighted by molar-refractivity contribution is 9.11. The molecule has 4 nitrogen and oxygen atoms in total. The van der Waals surface area contributed by atoms with Crippen LogP contribution in [0.1, 0.15) is 16.7 Å². The van der Waals surface area contributed by atoms with Gasteiger partial charge in [0.15, 0.2) is 0 Å². The molecule has 31 heavy (non-hydrogen) atoms. The zero-order chi connectivity index (χ0) is 23.4. The predicted molar refractivity (Wildman–Crippen MR) is 104 cm³/mol. The van der Waals surface area contributed by atoms with Crippen molar-refractivity contribution in [2.45, 2.75) is 24.8 Å². The Morgan fingerprint density at radius 3 is 2.32 bits per heavy atom. The first-order valence-electron chi connectivity index (χ1n) is 8.02. The molecule has 2 aromatic carbocycles. The van der Waals surface area contributed by atoms with Crippen LogP contribution in [0.5, 0.6) is 5.75 Å². The zero-order valence-corrected chi connectivity index (χ0v) is 18.1. The Balaban J connectivity index is 2.28. The lowest BCUT2D eigenvalue weighted by Crippen LogP contribution is -2.58. The third kappa shape index (κ3) is 5.68. The highest BCUT2D eigenvalue weighted by Gasteiger charge is 2.73. The summed E-state index contributed by atoms with van der Waals surface area (Å²) < 4.78 is 95.4. The summed E-state index contributed by atoms with van der Waals surface area (Å²) in [4.78, 5) is 0. The van der Waals surface area contributed by atoms with Gasteiger partial charge in [-0.05, 0) is 34.1 Å². The van der Waals surface area contributed by atoms with Gasteiger partial charge >= 0.3 is 18.1 Å². The fourth-order valence-corrected chi connectivity index (χ4v) is 3.54. The lowest BCUT2D eigenvalue weighted by Gasteiger charge is -2.27. The summed E-state index contributed by atoms with van der Waals surface area (Å²) in [5.41, 5.74) is 1.33. The van der Waals surface area contributed by atoms with Crippen molar-refractivity contribution in [3.8, 4) is 11.8 Å². The lowest BCUT2D eigenvalue weighted by molar-refractivity contribution is -0.361. The van der Waals surface area contributed by atoms with E-state index in [0.29, 0.717) is 31.7 Å². The number of hydrazone groups is 1. The van der Waals surface area contributed by atoms with Crippen molar-refractivity contribution in [3.63, 3.8) is 0 Å². The molecule has 0 heterocycles. The summed E-state index contributed by atoms with van der Waals surface area (Å²) in [6.07, 6.45) is -5.89. The van der Waals surface area contributed by atoms with Crippen molar-refractivity contribution in [3.05, 3.63) is 62.0 Å². The molecule has 0 atom stereocenters. The highest BCUT2D eigenvalue weighted by atomic mass is 79.9. The molecule has 0 bridgehead atoms. The largest absolute Gasteiger partial charge is 0.487 e. The van der Waals surface area contributed by atoms with Crippen molar-refractivity contribution in [2.75, 3.05) is 0 Å². The van der Waals surface area contributed by atoms with Gasteiger partial charge in [0.05, 0.1) is 22.3 Å². The first-order valence-corrected chi connectivity index (χ1v) is 9.61. The minimum absolute atomic E-state index is 0.0207. The van der Waals surface area contributed by atoms with Crippen molar-refractivity contribution >= 4 is 38.1 Å². The topological polar surface area (TPSA) is 57.4 Å². The van der Waals surface area contributed by atoms with Crippen molar-refractivity contribution in [2.24, 2.45) is 5.10 Å². The molecule has 0 aromatic heterocycles. The second-order valence-corrected chi connectivity index (χ2v) is 7.65. The Hall–Kier alpha value is -2.33. The molecule has 0 spiro atoms. The molecule has 0 radical (unpaired) electrons. The molecule has 0 saturated carbocycles. The number of ether oxygens (including phenoxy) is 1. The maximum Gasteiger partial charge on any atom is 0.462 e. The molecule has 1 N–H and O–H groups in total. The summed E-state index contributed by atoms with van der Waals surface area (Å²) in [6, 6.07) is 5.55. The number of hydrogen-bond acceptors (Lipinski definition) is 4. The first kappa shape index (κ1) is 24.9. The van der Waals surface area contributed by atoms with E-state index in [1.807, 2.05) is 6.07 Å². The molecule has 0 unspecified atom stereocenters. The van der Waals surface area contributed by atoms with E-state index in [0.717, 1.165) is 0 Å². The maximum atomic E-state index is 13.3. The number of nitriles is 1. The maximum absolute atomic E-state index is 13.3. The monoisotopic (exact) mass is 575 g/mol. The number of benzene rings is 2. The average Bonchev–Trinajstić information content (AvgIpc) is 2.66. The predicted octanol–water partition coefficient (Wildman–Crippen LogP) is 6.38. The van der Waals surface area contributed by atoms with Gasteiger partial charge in [-0.1, -0.05) is 34.1 Å². The Bertz CT molecular complexity index is 1020. The molecule has 0 fully saturated rings. The van der Waals surface area contributed by atoms with Crippen molar-refractivity contribution < 1.29 is 35.5 Å². The first-order chi connectivity index (χ1) is 14.3. The SMILES string of the molecule is N#Cc1ccccc1COc1c(Br)cc(Br)cc1/C=N\NC(F)(F)C(F)(F)C(F)(F)F. The Morgan fingerprint density at radius 2 is 1.71 bits per heavy atom. The number of nitrogens with zero attached hydrogens (tertiary/aromatic N) is 2. The van der Waals surface area contributed by atoms with Gasteiger partial charge in [-0.3, -0.25) is 0 Å². The molecule has 13 heteroatoms. The molecule has 2 aromatic rings. The quantitative estimate of drug-likeness (QED) is 0.180. The van der Waals surface area contributed by atoms with Gasteiger partial charge in [0.1, 0.15) is 12.4 Å². The van der Waals surface area contributed by atoms with E-state index in [4.69, 9.17) is 10.00 Å². The summed E-state index contributed by atoms with van der Waals surface area (Å²) in [5, 5.41) is 12.0. The third-order valence-electron chi connectivity index (χ3n) is 3.71. The minimum atomic E-state index is -6.49. The fraction of sp³-hybridized carbons (Fsp3) is 0.222. The van der Waals surface area contributed by atoms with Gasteiger partial charge in [0.25, 0.3) is 0 Å². The summed E-state index contributed by atoms with van der Waals surface area (Å²) in [6.45, 7) is -0.124. The molecule has 0 aliphatic carbocycles. The van der Waals surface area contributed by atoms with Gasteiger partial charge < -0.3 is 4.74 Å². The molecule has 0 amide bonds.